The first-order chi connectivity index (χ1) is 11.6. The van der Waals surface area contributed by atoms with E-state index < -0.39 is 5.54 Å². The van der Waals surface area contributed by atoms with Gasteiger partial charge in [0.1, 0.15) is 5.54 Å². The van der Waals surface area contributed by atoms with Crippen molar-refractivity contribution in [2.75, 3.05) is 6.54 Å². The Bertz CT molecular complexity index is 719. The summed E-state index contributed by atoms with van der Waals surface area (Å²) in [7, 11) is 0. The molecule has 0 spiro atoms. The Morgan fingerprint density at radius 1 is 1.33 bits per heavy atom. The topological polar surface area (TPSA) is 64.9 Å². The summed E-state index contributed by atoms with van der Waals surface area (Å²) in [5.74, 6) is 0.150. The number of carbonyl (C=O) groups is 1. The maximum atomic E-state index is 12.3. The molecule has 1 aliphatic rings. The van der Waals surface area contributed by atoms with Crippen LogP contribution in [-0.2, 0) is 4.79 Å². The Morgan fingerprint density at radius 2 is 2.08 bits per heavy atom. The minimum absolute atomic E-state index is 0.0220. The van der Waals surface area contributed by atoms with Crippen molar-refractivity contribution in [1.29, 1.82) is 5.26 Å². The van der Waals surface area contributed by atoms with E-state index in [2.05, 4.69) is 34.9 Å². The zero-order valence-corrected chi connectivity index (χ0v) is 14.5. The van der Waals surface area contributed by atoms with Crippen molar-refractivity contribution < 1.29 is 4.79 Å². The quantitative estimate of drug-likeness (QED) is 0.814. The van der Waals surface area contributed by atoms with Crippen LogP contribution in [0.3, 0.4) is 0 Å². The van der Waals surface area contributed by atoms with Crippen molar-refractivity contribution in [2.24, 2.45) is 5.92 Å². The second kappa shape index (κ2) is 7.16. The standard InChI is InChI=1S/C19H21N3OS/c1-19(13-20,15-9-10-15)22-17(23)12-21-18(16-8-5-11-24-16)14-6-3-2-4-7-14/h2-8,11,15,18,21H,9-10,12H2,1H3,(H,22,23)/t18-,19+/m1/s1. The molecule has 1 aromatic carbocycles. The molecule has 3 rings (SSSR count). The minimum atomic E-state index is -0.746. The Hall–Kier alpha value is -2.16. The number of carbonyl (C=O) groups excluding carboxylic acids is 1. The van der Waals surface area contributed by atoms with Gasteiger partial charge in [-0.15, -0.1) is 11.3 Å². The molecule has 0 aliphatic heterocycles. The molecule has 1 amide bonds. The Labute approximate surface area is 146 Å². The lowest BCUT2D eigenvalue weighted by Crippen LogP contribution is -2.49. The molecule has 0 unspecified atom stereocenters. The lowest BCUT2D eigenvalue weighted by Gasteiger charge is -2.24. The van der Waals surface area contributed by atoms with E-state index in [0.717, 1.165) is 18.4 Å². The monoisotopic (exact) mass is 339 g/mol. The van der Waals surface area contributed by atoms with Gasteiger partial charge in [-0.1, -0.05) is 36.4 Å². The van der Waals surface area contributed by atoms with Crippen molar-refractivity contribution in [3.05, 3.63) is 58.3 Å². The number of thiophene rings is 1. The van der Waals surface area contributed by atoms with Crippen molar-refractivity contribution >= 4 is 17.2 Å². The van der Waals surface area contributed by atoms with Gasteiger partial charge in [-0.2, -0.15) is 5.26 Å². The van der Waals surface area contributed by atoms with Gasteiger partial charge in [0.15, 0.2) is 0 Å². The fraction of sp³-hybridized carbons (Fsp3) is 0.368. The van der Waals surface area contributed by atoms with Gasteiger partial charge < -0.3 is 5.32 Å². The number of hydrogen-bond donors (Lipinski definition) is 2. The summed E-state index contributed by atoms with van der Waals surface area (Å²) < 4.78 is 0. The number of nitrogens with zero attached hydrogens (tertiary/aromatic N) is 1. The van der Waals surface area contributed by atoms with Crippen LogP contribution in [0.15, 0.2) is 47.8 Å². The molecule has 0 bridgehead atoms. The molecule has 1 saturated carbocycles. The summed E-state index contributed by atoms with van der Waals surface area (Å²) in [6.07, 6.45) is 2.03. The van der Waals surface area contributed by atoms with Crippen LogP contribution in [0.4, 0.5) is 0 Å². The molecule has 1 aliphatic carbocycles. The molecule has 1 aromatic heterocycles. The molecule has 2 aromatic rings. The van der Waals surface area contributed by atoms with Crippen LogP contribution in [0, 0.1) is 17.2 Å². The predicted molar refractivity (Wildman–Crippen MR) is 95.5 cm³/mol. The van der Waals surface area contributed by atoms with Crippen LogP contribution in [0.5, 0.6) is 0 Å². The van der Waals surface area contributed by atoms with Crippen molar-refractivity contribution in [1.82, 2.24) is 10.6 Å². The van der Waals surface area contributed by atoms with Crippen molar-refractivity contribution in [3.8, 4) is 6.07 Å². The lowest BCUT2D eigenvalue weighted by molar-refractivity contribution is -0.121. The highest BCUT2D eigenvalue weighted by atomic mass is 32.1. The summed E-state index contributed by atoms with van der Waals surface area (Å²) in [5.41, 5.74) is 0.377. The van der Waals surface area contributed by atoms with E-state index in [4.69, 9.17) is 0 Å². The van der Waals surface area contributed by atoms with E-state index >= 15 is 0 Å². The van der Waals surface area contributed by atoms with Crippen LogP contribution in [0.25, 0.3) is 0 Å². The maximum Gasteiger partial charge on any atom is 0.235 e. The molecule has 1 fully saturated rings. The SMILES string of the molecule is C[C@@](C#N)(NC(=O)CN[C@H](c1ccccc1)c1cccs1)C1CC1. The van der Waals surface area contributed by atoms with Crippen LogP contribution >= 0.6 is 11.3 Å². The molecule has 124 valence electrons. The van der Waals surface area contributed by atoms with E-state index in [-0.39, 0.29) is 24.4 Å². The molecule has 0 radical (unpaired) electrons. The zero-order valence-electron chi connectivity index (χ0n) is 13.7. The first-order valence-electron chi connectivity index (χ1n) is 8.16. The molecular formula is C19H21N3OS. The number of nitriles is 1. The molecule has 5 heteroatoms. The zero-order chi connectivity index (χ0) is 17.0. The summed E-state index contributed by atoms with van der Waals surface area (Å²) in [4.78, 5) is 13.5. The van der Waals surface area contributed by atoms with Crippen molar-refractivity contribution in [3.63, 3.8) is 0 Å². The van der Waals surface area contributed by atoms with Crippen LogP contribution in [-0.4, -0.2) is 18.0 Å². The average Bonchev–Trinajstić information content (AvgIpc) is 3.33. The maximum absolute atomic E-state index is 12.3. The molecule has 24 heavy (non-hydrogen) atoms. The predicted octanol–water partition coefficient (Wildman–Crippen LogP) is 3.24. The molecule has 1 heterocycles. The Morgan fingerprint density at radius 3 is 2.67 bits per heavy atom. The molecule has 4 nitrogen and oxygen atoms in total. The first kappa shape index (κ1) is 16.7. The number of nitrogens with one attached hydrogen (secondary N) is 2. The van der Waals surface area contributed by atoms with Gasteiger partial charge in [0.25, 0.3) is 0 Å². The lowest BCUT2D eigenvalue weighted by atomic mass is 9.98. The van der Waals surface area contributed by atoms with Crippen LogP contribution < -0.4 is 10.6 Å². The van der Waals surface area contributed by atoms with Gasteiger partial charge in [-0.3, -0.25) is 10.1 Å². The van der Waals surface area contributed by atoms with E-state index in [9.17, 15) is 10.1 Å². The molecule has 2 atom stereocenters. The van der Waals surface area contributed by atoms with Gasteiger partial charge >= 0.3 is 0 Å². The fourth-order valence-electron chi connectivity index (χ4n) is 2.89. The third kappa shape index (κ3) is 3.84. The van der Waals surface area contributed by atoms with Gasteiger partial charge in [-0.25, -0.2) is 0 Å². The molecular weight excluding hydrogens is 318 g/mol. The summed E-state index contributed by atoms with van der Waals surface area (Å²) >= 11 is 1.66. The Balaban J connectivity index is 1.66. The van der Waals surface area contributed by atoms with Gasteiger partial charge in [0.2, 0.25) is 5.91 Å². The number of benzene rings is 1. The third-order valence-electron chi connectivity index (χ3n) is 4.45. The number of rotatable bonds is 7. The van der Waals surface area contributed by atoms with E-state index in [1.54, 1.807) is 11.3 Å². The summed E-state index contributed by atoms with van der Waals surface area (Å²) in [6.45, 7) is 2.00. The highest BCUT2D eigenvalue weighted by molar-refractivity contribution is 7.10. The van der Waals surface area contributed by atoms with E-state index in [1.165, 1.54) is 4.88 Å². The third-order valence-corrected chi connectivity index (χ3v) is 5.39. The highest BCUT2D eigenvalue weighted by Gasteiger charge is 2.42. The molecule has 2 N–H and O–H groups in total. The second-order valence-corrected chi connectivity index (χ2v) is 7.36. The molecule has 0 saturated heterocycles. The van der Waals surface area contributed by atoms with Gasteiger partial charge in [-0.05, 0) is 42.7 Å². The highest BCUT2D eigenvalue weighted by Crippen LogP contribution is 2.39. The second-order valence-electron chi connectivity index (χ2n) is 6.38. The van der Waals surface area contributed by atoms with E-state index in [0.29, 0.717) is 0 Å². The summed E-state index contributed by atoms with van der Waals surface area (Å²) in [5, 5.41) is 17.6. The summed E-state index contributed by atoms with van der Waals surface area (Å²) in [6, 6.07) is 16.4. The first-order valence-corrected chi connectivity index (χ1v) is 9.04. The Kier molecular flexibility index (Phi) is 4.98. The van der Waals surface area contributed by atoms with Crippen LogP contribution in [0.2, 0.25) is 0 Å². The largest absolute Gasteiger partial charge is 0.337 e. The van der Waals surface area contributed by atoms with Crippen LogP contribution in [0.1, 0.15) is 36.2 Å². The number of amides is 1. The van der Waals surface area contributed by atoms with Gasteiger partial charge in [0, 0.05) is 4.88 Å². The average molecular weight is 339 g/mol. The normalized spacial score (nSPS) is 17.5. The smallest absolute Gasteiger partial charge is 0.235 e. The minimum Gasteiger partial charge on any atom is -0.337 e. The van der Waals surface area contributed by atoms with Crippen molar-refractivity contribution in [2.45, 2.75) is 31.3 Å². The number of hydrogen-bond acceptors (Lipinski definition) is 4. The van der Waals surface area contributed by atoms with Gasteiger partial charge in [0.05, 0.1) is 18.7 Å². The van der Waals surface area contributed by atoms with E-state index in [1.807, 2.05) is 36.6 Å². The fourth-order valence-corrected chi connectivity index (χ4v) is 3.72.